The maximum absolute atomic E-state index is 5.80. The number of hydrogen-bond donors (Lipinski definition) is 2. The van der Waals surface area contributed by atoms with E-state index >= 15 is 0 Å². The molecular formula is C9H10ClN5. The van der Waals surface area contributed by atoms with Crippen LogP contribution in [0.3, 0.4) is 0 Å². The Hall–Kier alpha value is -1.36. The number of hydrogen-bond acceptors (Lipinski definition) is 4. The lowest BCUT2D eigenvalue weighted by molar-refractivity contribution is 0.883. The molecule has 15 heavy (non-hydrogen) atoms. The molecule has 0 atom stereocenters. The average molecular weight is 224 g/mol. The van der Waals surface area contributed by atoms with Crippen molar-refractivity contribution in [2.24, 2.45) is 5.92 Å². The fraction of sp³-hybridized carbons (Fsp3) is 0.444. The van der Waals surface area contributed by atoms with Crippen molar-refractivity contribution in [1.82, 2.24) is 19.9 Å². The largest absolute Gasteiger partial charge is 0.368 e. The second-order valence-electron chi connectivity index (χ2n) is 3.77. The SMILES string of the molecule is Clc1nc(NCC2CC2)c2[nH]cnc2n1. The van der Waals surface area contributed by atoms with Gasteiger partial charge < -0.3 is 10.3 Å². The molecule has 0 bridgehead atoms. The zero-order chi connectivity index (χ0) is 10.3. The summed E-state index contributed by atoms with van der Waals surface area (Å²) in [5.41, 5.74) is 1.42. The molecule has 0 amide bonds. The topological polar surface area (TPSA) is 66.5 Å². The van der Waals surface area contributed by atoms with Gasteiger partial charge in [-0.05, 0) is 30.4 Å². The lowest BCUT2D eigenvalue weighted by Gasteiger charge is -2.04. The van der Waals surface area contributed by atoms with Gasteiger partial charge in [-0.2, -0.15) is 9.97 Å². The van der Waals surface area contributed by atoms with Crippen LogP contribution in [0.2, 0.25) is 5.28 Å². The third-order valence-electron chi connectivity index (χ3n) is 2.51. The molecule has 0 radical (unpaired) electrons. The number of aromatic amines is 1. The van der Waals surface area contributed by atoms with E-state index in [0.717, 1.165) is 23.8 Å². The van der Waals surface area contributed by atoms with Crippen LogP contribution in [0.25, 0.3) is 11.2 Å². The second-order valence-corrected chi connectivity index (χ2v) is 4.10. The van der Waals surface area contributed by atoms with Crippen molar-refractivity contribution in [2.45, 2.75) is 12.8 Å². The first-order chi connectivity index (χ1) is 7.33. The minimum absolute atomic E-state index is 0.230. The Morgan fingerprint density at radius 1 is 1.47 bits per heavy atom. The van der Waals surface area contributed by atoms with Crippen LogP contribution in [-0.2, 0) is 0 Å². The first kappa shape index (κ1) is 8.91. The Kier molecular flexibility index (Phi) is 1.98. The van der Waals surface area contributed by atoms with Gasteiger partial charge in [0.2, 0.25) is 5.28 Å². The summed E-state index contributed by atoms with van der Waals surface area (Å²) in [5, 5.41) is 3.50. The number of H-pyrrole nitrogens is 1. The summed E-state index contributed by atoms with van der Waals surface area (Å²) in [4.78, 5) is 15.2. The van der Waals surface area contributed by atoms with Gasteiger partial charge in [-0.25, -0.2) is 4.98 Å². The number of nitrogens with one attached hydrogen (secondary N) is 2. The number of halogens is 1. The van der Waals surface area contributed by atoms with Crippen molar-refractivity contribution < 1.29 is 0 Å². The fourth-order valence-corrected chi connectivity index (χ4v) is 1.66. The number of nitrogens with zero attached hydrogens (tertiary/aromatic N) is 3. The molecule has 3 rings (SSSR count). The fourth-order valence-electron chi connectivity index (χ4n) is 1.50. The predicted molar refractivity (Wildman–Crippen MR) is 57.9 cm³/mol. The second kappa shape index (κ2) is 3.34. The molecule has 0 aliphatic heterocycles. The molecule has 78 valence electrons. The minimum atomic E-state index is 0.230. The minimum Gasteiger partial charge on any atom is -0.368 e. The Labute approximate surface area is 91.3 Å². The summed E-state index contributed by atoms with van der Waals surface area (Å²) in [6, 6.07) is 0. The molecule has 2 aromatic rings. The van der Waals surface area contributed by atoms with Gasteiger partial charge in [-0.15, -0.1) is 0 Å². The van der Waals surface area contributed by atoms with Crippen molar-refractivity contribution in [1.29, 1.82) is 0 Å². The maximum atomic E-state index is 5.80. The Balaban J connectivity index is 1.95. The summed E-state index contributed by atoms with van der Waals surface area (Å²) in [5.74, 6) is 1.53. The number of rotatable bonds is 3. The van der Waals surface area contributed by atoms with E-state index in [1.165, 1.54) is 12.8 Å². The molecule has 0 saturated heterocycles. The Morgan fingerprint density at radius 3 is 3.13 bits per heavy atom. The molecular weight excluding hydrogens is 214 g/mol. The molecule has 0 unspecified atom stereocenters. The van der Waals surface area contributed by atoms with Crippen molar-refractivity contribution >= 4 is 28.6 Å². The van der Waals surface area contributed by atoms with Crippen LogP contribution in [-0.4, -0.2) is 26.5 Å². The first-order valence-corrected chi connectivity index (χ1v) is 5.31. The smallest absolute Gasteiger partial charge is 0.226 e. The van der Waals surface area contributed by atoms with E-state index in [-0.39, 0.29) is 5.28 Å². The van der Waals surface area contributed by atoms with Gasteiger partial charge >= 0.3 is 0 Å². The van der Waals surface area contributed by atoms with Gasteiger partial charge in [0.1, 0.15) is 5.52 Å². The molecule has 0 spiro atoms. The molecule has 2 heterocycles. The van der Waals surface area contributed by atoms with Crippen LogP contribution in [0.5, 0.6) is 0 Å². The van der Waals surface area contributed by atoms with Gasteiger partial charge in [0.05, 0.1) is 6.33 Å². The van der Waals surface area contributed by atoms with E-state index in [0.29, 0.717) is 5.65 Å². The lowest BCUT2D eigenvalue weighted by Crippen LogP contribution is -2.06. The van der Waals surface area contributed by atoms with Crippen molar-refractivity contribution in [2.75, 3.05) is 11.9 Å². The van der Waals surface area contributed by atoms with Crippen LogP contribution in [0, 0.1) is 5.92 Å². The first-order valence-electron chi connectivity index (χ1n) is 4.93. The standard InChI is InChI=1S/C9H10ClN5/c10-9-14-7(11-3-5-1-2-5)6-8(15-9)13-4-12-6/h4-5H,1-3H2,(H2,11,12,13,14,15). The van der Waals surface area contributed by atoms with E-state index in [1.807, 2.05) is 0 Å². The lowest BCUT2D eigenvalue weighted by atomic mass is 10.4. The number of imidazole rings is 1. The van der Waals surface area contributed by atoms with Crippen LogP contribution >= 0.6 is 11.6 Å². The third-order valence-corrected chi connectivity index (χ3v) is 2.68. The molecule has 2 aromatic heterocycles. The molecule has 0 aromatic carbocycles. The third kappa shape index (κ3) is 1.74. The molecule has 1 aliphatic rings. The monoisotopic (exact) mass is 223 g/mol. The van der Waals surface area contributed by atoms with Crippen molar-refractivity contribution in [3.8, 4) is 0 Å². The van der Waals surface area contributed by atoms with E-state index in [9.17, 15) is 0 Å². The summed E-state index contributed by atoms with van der Waals surface area (Å²) in [6.45, 7) is 0.946. The van der Waals surface area contributed by atoms with Crippen molar-refractivity contribution in [3.05, 3.63) is 11.6 Å². The van der Waals surface area contributed by atoms with E-state index in [4.69, 9.17) is 11.6 Å². The predicted octanol–water partition coefficient (Wildman–Crippen LogP) is 1.83. The normalized spacial score (nSPS) is 15.8. The average Bonchev–Trinajstić information content (AvgIpc) is 2.92. The Morgan fingerprint density at radius 2 is 2.33 bits per heavy atom. The van der Waals surface area contributed by atoms with E-state index < -0.39 is 0 Å². The van der Waals surface area contributed by atoms with E-state index in [1.54, 1.807) is 6.33 Å². The van der Waals surface area contributed by atoms with Gasteiger partial charge in [-0.1, -0.05) is 0 Å². The molecule has 5 nitrogen and oxygen atoms in total. The van der Waals surface area contributed by atoms with Crippen LogP contribution in [0.4, 0.5) is 5.82 Å². The number of fused-ring (bicyclic) bond motifs is 1. The molecule has 2 N–H and O–H groups in total. The van der Waals surface area contributed by atoms with Crippen LogP contribution < -0.4 is 5.32 Å². The molecule has 6 heteroatoms. The highest BCUT2D eigenvalue weighted by Crippen LogP contribution is 2.29. The number of anilines is 1. The van der Waals surface area contributed by atoms with Gasteiger partial charge in [0.15, 0.2) is 11.5 Å². The molecule has 1 fully saturated rings. The van der Waals surface area contributed by atoms with Gasteiger partial charge in [-0.3, -0.25) is 0 Å². The van der Waals surface area contributed by atoms with Gasteiger partial charge in [0.25, 0.3) is 0 Å². The highest BCUT2D eigenvalue weighted by Gasteiger charge is 2.21. The van der Waals surface area contributed by atoms with Crippen LogP contribution in [0.1, 0.15) is 12.8 Å². The summed E-state index contributed by atoms with van der Waals surface area (Å²) in [7, 11) is 0. The summed E-state index contributed by atoms with van der Waals surface area (Å²) < 4.78 is 0. The summed E-state index contributed by atoms with van der Waals surface area (Å²) >= 11 is 5.80. The Bertz CT molecular complexity index is 490. The van der Waals surface area contributed by atoms with E-state index in [2.05, 4.69) is 25.3 Å². The highest BCUT2D eigenvalue weighted by molar-refractivity contribution is 6.28. The number of aromatic nitrogens is 4. The molecule has 1 aliphatic carbocycles. The summed E-state index contributed by atoms with van der Waals surface area (Å²) in [6.07, 6.45) is 4.20. The maximum Gasteiger partial charge on any atom is 0.226 e. The van der Waals surface area contributed by atoms with Crippen molar-refractivity contribution in [3.63, 3.8) is 0 Å². The highest BCUT2D eigenvalue weighted by atomic mass is 35.5. The zero-order valence-electron chi connectivity index (χ0n) is 8.00. The van der Waals surface area contributed by atoms with Crippen LogP contribution in [0.15, 0.2) is 6.33 Å². The van der Waals surface area contributed by atoms with Gasteiger partial charge in [0, 0.05) is 6.54 Å². The molecule has 1 saturated carbocycles. The zero-order valence-corrected chi connectivity index (χ0v) is 8.75. The quantitative estimate of drug-likeness (QED) is 0.780.